The van der Waals surface area contributed by atoms with Gasteiger partial charge in [-0.1, -0.05) is 18.2 Å². The number of benzene rings is 1. The van der Waals surface area contributed by atoms with E-state index >= 15 is 0 Å². The molecule has 0 spiro atoms. The van der Waals surface area contributed by atoms with Gasteiger partial charge in [-0.3, -0.25) is 0 Å². The topological polar surface area (TPSA) is 48.5 Å². The lowest BCUT2D eigenvalue weighted by Crippen LogP contribution is -2.53. The van der Waals surface area contributed by atoms with Gasteiger partial charge in [-0.2, -0.15) is 0 Å². The van der Waals surface area contributed by atoms with Crippen LogP contribution in [0.4, 0.5) is 10.6 Å². The van der Waals surface area contributed by atoms with Crippen LogP contribution in [0, 0.1) is 6.92 Å². The maximum Gasteiger partial charge on any atom is 0.317 e. The molecule has 0 unspecified atom stereocenters. The van der Waals surface area contributed by atoms with Gasteiger partial charge in [0.25, 0.3) is 0 Å². The van der Waals surface area contributed by atoms with Gasteiger partial charge < -0.3 is 15.1 Å². The first kappa shape index (κ1) is 15.6. The number of amides is 2. The first-order valence-corrected chi connectivity index (χ1v) is 8.21. The quantitative estimate of drug-likeness (QED) is 0.927. The number of nitrogens with one attached hydrogen (secondary N) is 1. The molecule has 5 heteroatoms. The number of urea groups is 1. The van der Waals surface area contributed by atoms with Crippen molar-refractivity contribution in [2.24, 2.45) is 0 Å². The average molecular weight is 312 g/mol. The summed E-state index contributed by atoms with van der Waals surface area (Å²) in [5, 5.41) is 4.13. The SMILES string of the molecule is Cc1cc2ccccc2nc1N1CCN(C(=O)NC(C)C)CC1. The van der Waals surface area contributed by atoms with E-state index in [0.29, 0.717) is 0 Å². The normalized spacial score (nSPS) is 15.3. The molecule has 1 N–H and O–H groups in total. The highest BCUT2D eigenvalue weighted by Gasteiger charge is 2.23. The Kier molecular flexibility index (Phi) is 4.37. The number of aryl methyl sites for hydroxylation is 1. The number of carbonyl (C=O) groups is 1. The lowest BCUT2D eigenvalue weighted by molar-refractivity contribution is 0.191. The Morgan fingerprint density at radius 1 is 1.17 bits per heavy atom. The van der Waals surface area contributed by atoms with Crippen molar-refractivity contribution < 1.29 is 4.79 Å². The number of carbonyl (C=O) groups excluding carboxylic acids is 1. The number of para-hydroxylation sites is 1. The molecule has 1 aromatic carbocycles. The van der Waals surface area contributed by atoms with E-state index in [1.807, 2.05) is 36.9 Å². The van der Waals surface area contributed by atoms with E-state index in [0.717, 1.165) is 37.5 Å². The fraction of sp³-hybridized carbons (Fsp3) is 0.444. The summed E-state index contributed by atoms with van der Waals surface area (Å²) in [4.78, 5) is 21.1. The molecule has 1 fully saturated rings. The molecule has 122 valence electrons. The number of hydrogen-bond acceptors (Lipinski definition) is 3. The van der Waals surface area contributed by atoms with Gasteiger partial charge in [-0.15, -0.1) is 0 Å². The van der Waals surface area contributed by atoms with Crippen LogP contribution in [-0.2, 0) is 0 Å². The van der Waals surface area contributed by atoms with Crippen molar-refractivity contribution >= 4 is 22.8 Å². The third-order valence-corrected chi connectivity index (χ3v) is 4.17. The van der Waals surface area contributed by atoms with E-state index in [1.54, 1.807) is 0 Å². The van der Waals surface area contributed by atoms with Crippen molar-refractivity contribution in [1.82, 2.24) is 15.2 Å². The van der Waals surface area contributed by atoms with Crippen LogP contribution >= 0.6 is 0 Å². The van der Waals surface area contributed by atoms with Gasteiger partial charge >= 0.3 is 6.03 Å². The number of rotatable bonds is 2. The minimum Gasteiger partial charge on any atom is -0.353 e. The molecule has 2 heterocycles. The van der Waals surface area contributed by atoms with Crippen molar-refractivity contribution in [3.63, 3.8) is 0 Å². The summed E-state index contributed by atoms with van der Waals surface area (Å²) < 4.78 is 0. The summed E-state index contributed by atoms with van der Waals surface area (Å²) in [5.41, 5.74) is 2.21. The molecule has 1 saturated heterocycles. The van der Waals surface area contributed by atoms with Crippen LogP contribution in [0.1, 0.15) is 19.4 Å². The molecular weight excluding hydrogens is 288 g/mol. The van der Waals surface area contributed by atoms with E-state index in [1.165, 1.54) is 10.9 Å². The summed E-state index contributed by atoms with van der Waals surface area (Å²) in [7, 11) is 0. The van der Waals surface area contributed by atoms with E-state index in [9.17, 15) is 4.79 Å². The molecule has 1 aliphatic heterocycles. The lowest BCUT2D eigenvalue weighted by atomic mass is 10.1. The molecule has 1 aromatic heterocycles. The van der Waals surface area contributed by atoms with E-state index in [-0.39, 0.29) is 12.1 Å². The number of fused-ring (bicyclic) bond motifs is 1. The molecule has 3 rings (SSSR count). The summed E-state index contributed by atoms with van der Waals surface area (Å²) in [6, 6.07) is 10.6. The second-order valence-electron chi connectivity index (χ2n) is 6.40. The predicted molar refractivity (Wildman–Crippen MR) is 93.9 cm³/mol. The second-order valence-corrected chi connectivity index (χ2v) is 6.40. The smallest absolute Gasteiger partial charge is 0.317 e. The zero-order chi connectivity index (χ0) is 16.4. The Balaban J connectivity index is 1.72. The molecule has 2 amide bonds. The maximum absolute atomic E-state index is 12.1. The number of hydrogen-bond donors (Lipinski definition) is 1. The molecule has 0 saturated carbocycles. The Labute approximate surface area is 137 Å². The fourth-order valence-electron chi connectivity index (χ4n) is 2.99. The Morgan fingerprint density at radius 3 is 2.57 bits per heavy atom. The highest BCUT2D eigenvalue weighted by molar-refractivity contribution is 5.82. The van der Waals surface area contributed by atoms with Crippen molar-refractivity contribution in [3.05, 3.63) is 35.9 Å². The number of piperazine rings is 1. The second kappa shape index (κ2) is 6.44. The Bertz CT molecular complexity index is 705. The molecule has 1 aliphatic rings. The summed E-state index contributed by atoms with van der Waals surface area (Å²) >= 11 is 0. The van der Waals surface area contributed by atoms with Crippen molar-refractivity contribution in [1.29, 1.82) is 0 Å². The number of aromatic nitrogens is 1. The Morgan fingerprint density at radius 2 is 1.87 bits per heavy atom. The standard InChI is InChI=1S/C18H24N4O/c1-13(2)19-18(23)22-10-8-21(9-11-22)17-14(3)12-15-6-4-5-7-16(15)20-17/h4-7,12-13H,8-11H2,1-3H3,(H,19,23). The van der Waals surface area contributed by atoms with Crippen LogP contribution < -0.4 is 10.2 Å². The van der Waals surface area contributed by atoms with Crippen LogP contribution in [0.5, 0.6) is 0 Å². The van der Waals surface area contributed by atoms with Gasteiger partial charge in [0, 0.05) is 37.6 Å². The largest absolute Gasteiger partial charge is 0.353 e. The van der Waals surface area contributed by atoms with Crippen LogP contribution in [0.25, 0.3) is 10.9 Å². The lowest BCUT2D eigenvalue weighted by Gasteiger charge is -2.36. The summed E-state index contributed by atoms with van der Waals surface area (Å²) in [6.45, 7) is 9.16. The molecule has 5 nitrogen and oxygen atoms in total. The zero-order valence-electron chi connectivity index (χ0n) is 14.0. The van der Waals surface area contributed by atoms with Crippen LogP contribution in [-0.4, -0.2) is 48.1 Å². The summed E-state index contributed by atoms with van der Waals surface area (Å²) in [5.74, 6) is 1.03. The third kappa shape index (κ3) is 3.38. The third-order valence-electron chi connectivity index (χ3n) is 4.17. The van der Waals surface area contributed by atoms with E-state index in [2.05, 4.69) is 29.3 Å². The van der Waals surface area contributed by atoms with Crippen molar-refractivity contribution in [3.8, 4) is 0 Å². The molecule has 0 atom stereocenters. The first-order chi connectivity index (χ1) is 11.0. The highest BCUT2D eigenvalue weighted by Crippen LogP contribution is 2.23. The summed E-state index contributed by atoms with van der Waals surface area (Å²) in [6.07, 6.45) is 0. The minimum atomic E-state index is 0.0304. The number of anilines is 1. The molecule has 0 radical (unpaired) electrons. The van der Waals surface area contributed by atoms with Gasteiger partial charge in [-0.25, -0.2) is 9.78 Å². The molecule has 0 aliphatic carbocycles. The van der Waals surface area contributed by atoms with E-state index < -0.39 is 0 Å². The van der Waals surface area contributed by atoms with Crippen molar-refractivity contribution in [2.75, 3.05) is 31.1 Å². The molecule has 23 heavy (non-hydrogen) atoms. The molecule has 0 bridgehead atoms. The van der Waals surface area contributed by atoms with Crippen LogP contribution in [0.2, 0.25) is 0 Å². The Hall–Kier alpha value is -2.30. The van der Waals surface area contributed by atoms with Gasteiger partial charge in [0.2, 0.25) is 0 Å². The monoisotopic (exact) mass is 312 g/mol. The minimum absolute atomic E-state index is 0.0304. The van der Waals surface area contributed by atoms with E-state index in [4.69, 9.17) is 4.98 Å². The van der Waals surface area contributed by atoms with Crippen molar-refractivity contribution in [2.45, 2.75) is 26.8 Å². The number of pyridine rings is 1. The number of nitrogens with zero attached hydrogens (tertiary/aromatic N) is 3. The van der Waals surface area contributed by atoms with Gasteiger partial charge in [-0.05, 0) is 38.5 Å². The van der Waals surface area contributed by atoms with Gasteiger partial charge in [0.05, 0.1) is 5.52 Å². The van der Waals surface area contributed by atoms with Gasteiger partial charge in [0.1, 0.15) is 5.82 Å². The maximum atomic E-state index is 12.1. The average Bonchev–Trinajstić information content (AvgIpc) is 2.54. The first-order valence-electron chi connectivity index (χ1n) is 8.21. The fourth-order valence-corrected chi connectivity index (χ4v) is 2.99. The predicted octanol–water partition coefficient (Wildman–Crippen LogP) is 2.78. The van der Waals surface area contributed by atoms with Crippen LogP contribution in [0.3, 0.4) is 0 Å². The zero-order valence-corrected chi connectivity index (χ0v) is 14.0. The van der Waals surface area contributed by atoms with Crippen LogP contribution in [0.15, 0.2) is 30.3 Å². The molecule has 2 aromatic rings. The molecular formula is C18H24N4O. The highest BCUT2D eigenvalue weighted by atomic mass is 16.2. The van der Waals surface area contributed by atoms with Gasteiger partial charge in [0.15, 0.2) is 0 Å².